The van der Waals surface area contributed by atoms with Crippen molar-refractivity contribution in [3.8, 4) is 0 Å². The number of hydrogen-bond acceptors (Lipinski definition) is 3. The first kappa shape index (κ1) is 15.1. The molecule has 0 N–H and O–H groups in total. The van der Waals surface area contributed by atoms with Crippen LogP contribution in [-0.4, -0.2) is 21.5 Å². The average molecular weight is 315 g/mol. The average Bonchev–Trinajstić information content (AvgIpc) is 2.57. The summed E-state index contributed by atoms with van der Waals surface area (Å²) in [5, 5.41) is 0. The molecule has 3 rings (SSSR count). The quantitative estimate of drug-likeness (QED) is 0.864. The first-order valence-corrected chi connectivity index (χ1v) is 9.42. The third kappa shape index (κ3) is 3.50. The van der Waals surface area contributed by atoms with Crippen LogP contribution >= 0.6 is 0 Å². The fraction of sp³-hybridized carbons (Fsp3) is 0.333. The molecule has 0 aromatic heterocycles. The Morgan fingerprint density at radius 3 is 2.09 bits per heavy atom. The van der Waals surface area contributed by atoms with Gasteiger partial charge in [-0.2, -0.15) is 0 Å². The maximum atomic E-state index is 12.4. The third-order valence-electron chi connectivity index (χ3n) is 4.12. The minimum absolute atomic E-state index is 0.0529. The number of rotatable bonds is 4. The molecule has 1 fully saturated rings. The van der Waals surface area contributed by atoms with E-state index < -0.39 is 9.84 Å². The molecule has 22 heavy (non-hydrogen) atoms. The molecule has 1 aliphatic rings. The summed E-state index contributed by atoms with van der Waals surface area (Å²) in [6.07, 6.45) is 3.79. The summed E-state index contributed by atoms with van der Waals surface area (Å²) >= 11 is 0. The van der Waals surface area contributed by atoms with Crippen molar-refractivity contribution in [1.29, 1.82) is 0 Å². The standard InChI is InChI=1S/C18H21NO2S/c20-22(21,18-7-3-1-4-8-18)15-16-9-11-17(12-10-16)19-13-5-2-6-14-19/h1,3-4,7-12H,2,5-6,13-15H2. The molecule has 116 valence electrons. The molecule has 0 unspecified atom stereocenters. The molecule has 0 bridgehead atoms. The zero-order valence-corrected chi connectivity index (χ0v) is 13.4. The molecule has 1 heterocycles. The molecule has 2 aromatic carbocycles. The van der Waals surface area contributed by atoms with Crippen molar-refractivity contribution in [3.63, 3.8) is 0 Å². The highest BCUT2D eigenvalue weighted by Crippen LogP contribution is 2.22. The Kier molecular flexibility index (Phi) is 4.48. The van der Waals surface area contributed by atoms with E-state index in [2.05, 4.69) is 4.90 Å². The predicted octanol–water partition coefficient (Wildman–Crippen LogP) is 3.65. The van der Waals surface area contributed by atoms with Gasteiger partial charge in [0.15, 0.2) is 9.84 Å². The lowest BCUT2D eigenvalue weighted by Gasteiger charge is -2.28. The summed E-state index contributed by atoms with van der Waals surface area (Å²) in [7, 11) is -3.26. The summed E-state index contributed by atoms with van der Waals surface area (Å²) in [6.45, 7) is 2.20. The second-order valence-corrected chi connectivity index (χ2v) is 7.78. The first-order valence-electron chi connectivity index (χ1n) is 7.77. The number of nitrogens with zero attached hydrogens (tertiary/aromatic N) is 1. The van der Waals surface area contributed by atoms with Crippen molar-refractivity contribution in [1.82, 2.24) is 0 Å². The van der Waals surface area contributed by atoms with Gasteiger partial charge in [-0.1, -0.05) is 30.3 Å². The zero-order valence-electron chi connectivity index (χ0n) is 12.6. The molecular weight excluding hydrogens is 294 g/mol. The van der Waals surface area contributed by atoms with Gasteiger partial charge in [0, 0.05) is 18.8 Å². The van der Waals surface area contributed by atoms with Crippen LogP contribution in [0.15, 0.2) is 59.5 Å². The highest BCUT2D eigenvalue weighted by Gasteiger charge is 2.15. The van der Waals surface area contributed by atoms with Crippen molar-refractivity contribution in [2.75, 3.05) is 18.0 Å². The Balaban J connectivity index is 1.73. The van der Waals surface area contributed by atoms with Gasteiger partial charge in [0.25, 0.3) is 0 Å². The van der Waals surface area contributed by atoms with Crippen molar-refractivity contribution < 1.29 is 8.42 Å². The summed E-state index contributed by atoms with van der Waals surface area (Å²) in [6, 6.07) is 16.6. The van der Waals surface area contributed by atoms with E-state index in [0.717, 1.165) is 18.7 Å². The highest BCUT2D eigenvalue weighted by atomic mass is 32.2. The molecule has 0 spiro atoms. The van der Waals surface area contributed by atoms with Crippen LogP contribution in [0.25, 0.3) is 0 Å². The Hall–Kier alpha value is -1.81. The van der Waals surface area contributed by atoms with Crippen LogP contribution in [0.3, 0.4) is 0 Å². The van der Waals surface area contributed by atoms with Crippen molar-refractivity contribution in [2.24, 2.45) is 0 Å². The lowest BCUT2D eigenvalue weighted by molar-refractivity contribution is 0.578. The molecule has 0 atom stereocenters. The molecule has 0 radical (unpaired) electrons. The SMILES string of the molecule is O=S(=O)(Cc1ccc(N2CCCCC2)cc1)c1ccccc1. The molecule has 0 aliphatic carbocycles. The zero-order chi connectivity index (χ0) is 15.4. The number of anilines is 1. The van der Waals surface area contributed by atoms with Crippen LogP contribution in [0.4, 0.5) is 5.69 Å². The van der Waals surface area contributed by atoms with E-state index in [1.165, 1.54) is 24.9 Å². The largest absolute Gasteiger partial charge is 0.372 e. The van der Waals surface area contributed by atoms with Crippen molar-refractivity contribution >= 4 is 15.5 Å². The van der Waals surface area contributed by atoms with Gasteiger partial charge in [0.05, 0.1) is 10.6 Å². The minimum Gasteiger partial charge on any atom is -0.372 e. The molecule has 1 aliphatic heterocycles. The van der Waals surface area contributed by atoms with Crippen molar-refractivity contribution in [3.05, 3.63) is 60.2 Å². The molecule has 3 nitrogen and oxygen atoms in total. The van der Waals surface area contributed by atoms with Gasteiger partial charge in [-0.15, -0.1) is 0 Å². The summed E-state index contributed by atoms with van der Waals surface area (Å²) in [5.74, 6) is 0.0529. The van der Waals surface area contributed by atoms with Crippen LogP contribution in [0.5, 0.6) is 0 Å². The van der Waals surface area contributed by atoms with E-state index in [1.807, 2.05) is 30.3 Å². The normalized spacial score (nSPS) is 15.7. The van der Waals surface area contributed by atoms with Crippen molar-refractivity contribution in [2.45, 2.75) is 29.9 Å². The Morgan fingerprint density at radius 2 is 1.45 bits per heavy atom. The van der Waals surface area contributed by atoms with Crippen LogP contribution in [0, 0.1) is 0 Å². The molecular formula is C18H21NO2S. The Labute approximate surface area is 132 Å². The van der Waals surface area contributed by atoms with Gasteiger partial charge in [0.2, 0.25) is 0 Å². The first-order chi connectivity index (χ1) is 10.6. The smallest absolute Gasteiger partial charge is 0.182 e. The van der Waals surface area contributed by atoms with E-state index >= 15 is 0 Å². The third-order valence-corrected chi connectivity index (χ3v) is 5.82. The molecule has 0 amide bonds. The fourth-order valence-corrected chi connectivity index (χ4v) is 4.26. The lowest BCUT2D eigenvalue weighted by Crippen LogP contribution is -2.29. The molecule has 1 saturated heterocycles. The van der Waals surface area contributed by atoms with E-state index in [0.29, 0.717) is 4.90 Å². The monoisotopic (exact) mass is 315 g/mol. The molecule has 2 aromatic rings. The summed E-state index contributed by atoms with van der Waals surface area (Å²) in [5.41, 5.74) is 2.03. The van der Waals surface area contributed by atoms with Gasteiger partial charge in [-0.05, 0) is 49.1 Å². The van der Waals surface area contributed by atoms with Crippen LogP contribution in [0.2, 0.25) is 0 Å². The molecule has 0 saturated carbocycles. The fourth-order valence-electron chi connectivity index (χ4n) is 2.89. The van der Waals surface area contributed by atoms with E-state index in [9.17, 15) is 8.42 Å². The molecule has 4 heteroatoms. The van der Waals surface area contributed by atoms with Gasteiger partial charge < -0.3 is 4.90 Å². The van der Waals surface area contributed by atoms with Crippen LogP contribution < -0.4 is 4.90 Å². The second-order valence-electron chi connectivity index (χ2n) is 5.79. The number of piperidine rings is 1. The minimum atomic E-state index is -3.26. The van der Waals surface area contributed by atoms with Gasteiger partial charge in [-0.25, -0.2) is 8.42 Å². The van der Waals surface area contributed by atoms with E-state index in [-0.39, 0.29) is 5.75 Å². The Bertz CT molecular complexity index is 703. The van der Waals surface area contributed by atoms with E-state index in [1.54, 1.807) is 24.3 Å². The second kappa shape index (κ2) is 6.53. The maximum Gasteiger partial charge on any atom is 0.182 e. The maximum absolute atomic E-state index is 12.4. The summed E-state index contributed by atoms with van der Waals surface area (Å²) in [4.78, 5) is 2.76. The van der Waals surface area contributed by atoms with E-state index in [4.69, 9.17) is 0 Å². The number of hydrogen-bond donors (Lipinski definition) is 0. The van der Waals surface area contributed by atoms with Crippen LogP contribution in [0.1, 0.15) is 24.8 Å². The van der Waals surface area contributed by atoms with Crippen LogP contribution in [-0.2, 0) is 15.6 Å². The van der Waals surface area contributed by atoms with Gasteiger partial charge in [0.1, 0.15) is 0 Å². The lowest BCUT2D eigenvalue weighted by atomic mass is 10.1. The number of benzene rings is 2. The predicted molar refractivity (Wildman–Crippen MR) is 89.8 cm³/mol. The van der Waals surface area contributed by atoms with Gasteiger partial charge >= 0.3 is 0 Å². The summed E-state index contributed by atoms with van der Waals surface area (Å²) < 4.78 is 24.8. The Morgan fingerprint density at radius 1 is 0.818 bits per heavy atom. The highest BCUT2D eigenvalue weighted by molar-refractivity contribution is 7.90. The number of sulfone groups is 1. The topological polar surface area (TPSA) is 37.4 Å². The van der Waals surface area contributed by atoms with Gasteiger partial charge in [-0.3, -0.25) is 0 Å².